The molecule has 2 rings (SSSR count). The maximum atomic E-state index is 11.9. The summed E-state index contributed by atoms with van der Waals surface area (Å²) in [5.41, 5.74) is 1.15. The second-order valence-corrected chi connectivity index (χ2v) is 5.67. The summed E-state index contributed by atoms with van der Waals surface area (Å²) in [6, 6.07) is 0.0791. The lowest BCUT2D eigenvalue weighted by molar-refractivity contribution is 0.166. The maximum Gasteiger partial charge on any atom is 0.319 e. The van der Waals surface area contributed by atoms with E-state index in [-0.39, 0.29) is 6.03 Å². The molecule has 2 heterocycles. The molecule has 6 heteroatoms. The SMILES string of the molecule is CN(C)C(=O)N1CCc2nc(N(C)C)sc2C1. The number of nitrogens with zero attached hydrogens (tertiary/aromatic N) is 4. The minimum atomic E-state index is 0.0791. The molecule has 0 spiro atoms. The zero-order valence-electron chi connectivity index (χ0n) is 10.7. The first kappa shape index (κ1) is 12.2. The molecule has 0 fully saturated rings. The number of hydrogen-bond donors (Lipinski definition) is 0. The molecule has 94 valence electrons. The Morgan fingerprint density at radius 2 is 2.06 bits per heavy atom. The summed E-state index contributed by atoms with van der Waals surface area (Å²) in [5, 5.41) is 1.02. The number of fused-ring (bicyclic) bond motifs is 1. The Kier molecular flexibility index (Phi) is 3.24. The minimum Gasteiger partial charge on any atom is -0.354 e. The number of amides is 2. The predicted octanol–water partition coefficient (Wildman–Crippen LogP) is 1.25. The molecule has 0 radical (unpaired) electrons. The van der Waals surface area contributed by atoms with Crippen molar-refractivity contribution in [3.63, 3.8) is 0 Å². The number of carbonyl (C=O) groups excluding carboxylic acids is 1. The van der Waals surface area contributed by atoms with E-state index < -0.39 is 0 Å². The van der Waals surface area contributed by atoms with Crippen LogP contribution in [0.4, 0.5) is 9.93 Å². The molecule has 1 aliphatic heterocycles. The first-order valence-electron chi connectivity index (χ1n) is 5.61. The molecule has 0 saturated heterocycles. The van der Waals surface area contributed by atoms with Gasteiger partial charge in [-0.05, 0) is 0 Å². The summed E-state index contributed by atoms with van der Waals surface area (Å²) in [4.78, 5) is 23.2. The summed E-state index contributed by atoms with van der Waals surface area (Å²) < 4.78 is 0. The van der Waals surface area contributed by atoms with Gasteiger partial charge in [0.1, 0.15) is 0 Å². The number of aromatic nitrogens is 1. The molecule has 1 aromatic heterocycles. The van der Waals surface area contributed by atoms with E-state index in [1.807, 2.05) is 23.9 Å². The molecule has 17 heavy (non-hydrogen) atoms. The van der Waals surface area contributed by atoms with Gasteiger partial charge in [0.2, 0.25) is 0 Å². The topological polar surface area (TPSA) is 39.7 Å². The summed E-state index contributed by atoms with van der Waals surface area (Å²) >= 11 is 1.68. The van der Waals surface area contributed by atoms with Gasteiger partial charge in [0.25, 0.3) is 0 Å². The van der Waals surface area contributed by atoms with Crippen LogP contribution < -0.4 is 4.90 Å². The van der Waals surface area contributed by atoms with E-state index in [1.165, 1.54) is 4.88 Å². The predicted molar refractivity (Wildman–Crippen MR) is 69.6 cm³/mol. The van der Waals surface area contributed by atoms with Crippen LogP contribution in [0, 0.1) is 0 Å². The molecule has 0 bridgehead atoms. The smallest absolute Gasteiger partial charge is 0.319 e. The third-order valence-electron chi connectivity index (χ3n) is 2.76. The third-order valence-corrected chi connectivity index (χ3v) is 4.01. The second kappa shape index (κ2) is 4.52. The zero-order valence-corrected chi connectivity index (χ0v) is 11.5. The van der Waals surface area contributed by atoms with E-state index in [4.69, 9.17) is 0 Å². The van der Waals surface area contributed by atoms with Gasteiger partial charge in [-0.3, -0.25) is 0 Å². The number of carbonyl (C=O) groups is 1. The van der Waals surface area contributed by atoms with Crippen molar-refractivity contribution in [2.75, 3.05) is 39.6 Å². The van der Waals surface area contributed by atoms with Crippen LogP contribution in [-0.4, -0.2) is 55.6 Å². The lowest BCUT2D eigenvalue weighted by atomic mass is 10.2. The average Bonchev–Trinajstić information content (AvgIpc) is 2.70. The Morgan fingerprint density at radius 3 is 2.65 bits per heavy atom. The molecule has 0 atom stereocenters. The van der Waals surface area contributed by atoms with Gasteiger partial charge in [-0.1, -0.05) is 11.3 Å². The fourth-order valence-electron chi connectivity index (χ4n) is 1.82. The minimum absolute atomic E-state index is 0.0791. The van der Waals surface area contributed by atoms with Gasteiger partial charge in [0.15, 0.2) is 5.13 Å². The number of anilines is 1. The molecule has 0 saturated carbocycles. The lowest BCUT2D eigenvalue weighted by Gasteiger charge is -2.28. The van der Waals surface area contributed by atoms with Gasteiger partial charge in [-0.2, -0.15) is 0 Å². The standard InChI is InChI=1S/C11H18N4OS/c1-13(2)10-12-8-5-6-15(7-9(8)17-10)11(16)14(3)4/h5-7H2,1-4H3. The van der Waals surface area contributed by atoms with Gasteiger partial charge in [-0.15, -0.1) is 0 Å². The van der Waals surface area contributed by atoms with Crippen molar-refractivity contribution in [3.8, 4) is 0 Å². The van der Waals surface area contributed by atoms with E-state index in [9.17, 15) is 4.79 Å². The van der Waals surface area contributed by atoms with Crippen LogP contribution in [0.15, 0.2) is 0 Å². The average molecular weight is 254 g/mol. The molecular weight excluding hydrogens is 236 g/mol. The molecule has 2 amide bonds. The molecule has 0 N–H and O–H groups in total. The van der Waals surface area contributed by atoms with E-state index in [0.717, 1.165) is 23.8 Å². The van der Waals surface area contributed by atoms with Gasteiger partial charge >= 0.3 is 6.03 Å². The highest BCUT2D eigenvalue weighted by atomic mass is 32.1. The van der Waals surface area contributed by atoms with Crippen LogP contribution in [0.25, 0.3) is 0 Å². The molecule has 0 aromatic carbocycles. The zero-order chi connectivity index (χ0) is 12.6. The van der Waals surface area contributed by atoms with Gasteiger partial charge in [-0.25, -0.2) is 9.78 Å². The summed E-state index contributed by atoms with van der Waals surface area (Å²) in [7, 11) is 7.56. The Morgan fingerprint density at radius 1 is 1.35 bits per heavy atom. The van der Waals surface area contributed by atoms with Crippen LogP contribution in [0.2, 0.25) is 0 Å². The number of rotatable bonds is 1. The number of urea groups is 1. The van der Waals surface area contributed by atoms with E-state index >= 15 is 0 Å². The molecule has 1 aliphatic rings. The molecule has 1 aromatic rings. The second-order valence-electron chi connectivity index (χ2n) is 4.61. The highest BCUT2D eigenvalue weighted by Gasteiger charge is 2.25. The number of thiazole rings is 1. The van der Waals surface area contributed by atoms with Crippen molar-refractivity contribution in [2.45, 2.75) is 13.0 Å². The van der Waals surface area contributed by atoms with Crippen LogP contribution in [0.3, 0.4) is 0 Å². The van der Waals surface area contributed by atoms with Gasteiger partial charge in [0.05, 0.1) is 12.2 Å². The highest BCUT2D eigenvalue weighted by molar-refractivity contribution is 7.15. The van der Waals surface area contributed by atoms with Crippen LogP contribution >= 0.6 is 11.3 Å². The normalized spacial score (nSPS) is 14.5. The fraction of sp³-hybridized carbons (Fsp3) is 0.636. The largest absolute Gasteiger partial charge is 0.354 e. The Bertz CT molecular complexity index is 427. The quantitative estimate of drug-likeness (QED) is 0.757. The molecule has 0 unspecified atom stereocenters. The van der Waals surface area contributed by atoms with Crippen molar-refractivity contribution in [2.24, 2.45) is 0 Å². The van der Waals surface area contributed by atoms with Gasteiger partial charge < -0.3 is 14.7 Å². The Balaban J connectivity index is 2.16. The summed E-state index contributed by atoms with van der Waals surface area (Å²) in [6.45, 7) is 1.46. The highest BCUT2D eigenvalue weighted by Crippen LogP contribution is 2.29. The van der Waals surface area contributed by atoms with E-state index in [1.54, 1.807) is 30.3 Å². The van der Waals surface area contributed by atoms with Crippen molar-refractivity contribution in [3.05, 3.63) is 10.6 Å². The van der Waals surface area contributed by atoms with Crippen molar-refractivity contribution < 1.29 is 4.79 Å². The monoisotopic (exact) mass is 254 g/mol. The summed E-state index contributed by atoms with van der Waals surface area (Å²) in [5.74, 6) is 0. The fourth-order valence-corrected chi connectivity index (χ4v) is 2.86. The first-order chi connectivity index (χ1) is 7.99. The summed E-state index contributed by atoms with van der Waals surface area (Å²) in [6.07, 6.45) is 0.860. The van der Waals surface area contributed by atoms with Crippen molar-refractivity contribution in [1.82, 2.24) is 14.8 Å². The number of hydrogen-bond acceptors (Lipinski definition) is 4. The van der Waals surface area contributed by atoms with Crippen LogP contribution in [0.1, 0.15) is 10.6 Å². The van der Waals surface area contributed by atoms with E-state index in [2.05, 4.69) is 4.98 Å². The van der Waals surface area contributed by atoms with Crippen LogP contribution in [-0.2, 0) is 13.0 Å². The molecule has 0 aliphatic carbocycles. The maximum absolute atomic E-state index is 11.9. The van der Waals surface area contributed by atoms with E-state index in [0.29, 0.717) is 6.54 Å². The third kappa shape index (κ3) is 2.36. The lowest BCUT2D eigenvalue weighted by Crippen LogP contribution is -2.41. The van der Waals surface area contributed by atoms with Crippen molar-refractivity contribution >= 4 is 22.5 Å². The van der Waals surface area contributed by atoms with Gasteiger partial charge in [0, 0.05) is 46.0 Å². The van der Waals surface area contributed by atoms with Crippen LogP contribution in [0.5, 0.6) is 0 Å². The Hall–Kier alpha value is -1.30. The Labute approximate surface area is 106 Å². The first-order valence-corrected chi connectivity index (χ1v) is 6.43. The molecular formula is C11H18N4OS. The molecule has 5 nitrogen and oxygen atoms in total. The van der Waals surface area contributed by atoms with Crippen molar-refractivity contribution in [1.29, 1.82) is 0 Å².